The van der Waals surface area contributed by atoms with Crippen molar-refractivity contribution in [3.05, 3.63) is 64.0 Å². The van der Waals surface area contributed by atoms with Crippen LogP contribution in [0.4, 0.5) is 0 Å². The lowest BCUT2D eigenvalue weighted by molar-refractivity contribution is 0.321. The maximum Gasteiger partial charge on any atom is 0.295 e. The molecule has 23 heavy (non-hydrogen) atoms. The molecular formula is C17H21N5O. The molecule has 0 amide bonds. The SMILES string of the molecule is Cc1ccc(CCN(C)Cc2nnc3c(=O)n(C)ccn23)cc1. The third-order valence-electron chi connectivity index (χ3n) is 4.03. The number of aryl methyl sites for hydroxylation is 2. The van der Waals surface area contributed by atoms with Crippen LogP contribution in [0.5, 0.6) is 0 Å². The monoisotopic (exact) mass is 311 g/mol. The number of likely N-dealkylation sites (N-methyl/N-ethyl adjacent to an activating group) is 1. The van der Waals surface area contributed by atoms with Crippen LogP contribution in [0.2, 0.25) is 0 Å². The second kappa shape index (κ2) is 6.34. The Morgan fingerprint density at radius 3 is 2.61 bits per heavy atom. The molecule has 0 aliphatic heterocycles. The lowest BCUT2D eigenvalue weighted by Crippen LogP contribution is -2.23. The lowest BCUT2D eigenvalue weighted by Gasteiger charge is -2.15. The van der Waals surface area contributed by atoms with Crippen molar-refractivity contribution < 1.29 is 0 Å². The van der Waals surface area contributed by atoms with Crippen molar-refractivity contribution in [1.29, 1.82) is 0 Å². The third-order valence-corrected chi connectivity index (χ3v) is 4.03. The summed E-state index contributed by atoms with van der Waals surface area (Å²) in [6.07, 6.45) is 4.55. The zero-order chi connectivity index (χ0) is 16.4. The van der Waals surface area contributed by atoms with Gasteiger partial charge >= 0.3 is 0 Å². The largest absolute Gasteiger partial charge is 0.314 e. The van der Waals surface area contributed by atoms with E-state index in [2.05, 4.69) is 53.3 Å². The Morgan fingerprint density at radius 1 is 1.13 bits per heavy atom. The number of benzene rings is 1. The van der Waals surface area contributed by atoms with E-state index in [0.29, 0.717) is 12.2 Å². The van der Waals surface area contributed by atoms with E-state index < -0.39 is 0 Å². The Hall–Kier alpha value is -2.47. The summed E-state index contributed by atoms with van der Waals surface area (Å²) in [6, 6.07) is 8.60. The van der Waals surface area contributed by atoms with Crippen LogP contribution in [0.25, 0.3) is 5.65 Å². The first-order valence-corrected chi connectivity index (χ1v) is 7.68. The van der Waals surface area contributed by atoms with Gasteiger partial charge in [-0.05, 0) is 26.0 Å². The summed E-state index contributed by atoms with van der Waals surface area (Å²) in [4.78, 5) is 14.2. The van der Waals surface area contributed by atoms with Gasteiger partial charge in [-0.25, -0.2) is 0 Å². The maximum absolute atomic E-state index is 12.0. The van der Waals surface area contributed by atoms with E-state index in [1.54, 1.807) is 17.6 Å². The Bertz CT molecular complexity index is 863. The molecule has 3 aromatic rings. The predicted molar refractivity (Wildman–Crippen MR) is 89.4 cm³/mol. The molecule has 0 aliphatic carbocycles. The van der Waals surface area contributed by atoms with Gasteiger partial charge in [-0.2, -0.15) is 0 Å². The zero-order valence-electron chi connectivity index (χ0n) is 13.7. The number of fused-ring (bicyclic) bond motifs is 1. The minimum atomic E-state index is -0.131. The molecule has 0 unspecified atom stereocenters. The van der Waals surface area contributed by atoms with Crippen molar-refractivity contribution in [3.63, 3.8) is 0 Å². The lowest BCUT2D eigenvalue weighted by atomic mass is 10.1. The van der Waals surface area contributed by atoms with Gasteiger partial charge in [-0.15, -0.1) is 10.2 Å². The first-order chi connectivity index (χ1) is 11.0. The van der Waals surface area contributed by atoms with E-state index in [1.807, 2.05) is 6.20 Å². The second-order valence-corrected chi connectivity index (χ2v) is 6.00. The van der Waals surface area contributed by atoms with Crippen LogP contribution in [0.1, 0.15) is 17.0 Å². The van der Waals surface area contributed by atoms with Crippen molar-refractivity contribution in [2.75, 3.05) is 13.6 Å². The highest BCUT2D eigenvalue weighted by Gasteiger charge is 2.11. The van der Waals surface area contributed by atoms with E-state index >= 15 is 0 Å². The number of hydrogen-bond donors (Lipinski definition) is 0. The van der Waals surface area contributed by atoms with E-state index in [4.69, 9.17) is 0 Å². The fraction of sp³-hybridized carbons (Fsp3) is 0.353. The molecule has 6 nitrogen and oxygen atoms in total. The second-order valence-electron chi connectivity index (χ2n) is 6.00. The molecule has 0 spiro atoms. The molecule has 6 heteroatoms. The highest BCUT2D eigenvalue weighted by molar-refractivity contribution is 5.34. The molecule has 0 atom stereocenters. The molecule has 0 fully saturated rings. The van der Waals surface area contributed by atoms with E-state index in [9.17, 15) is 4.79 Å². The minimum absolute atomic E-state index is 0.131. The summed E-state index contributed by atoms with van der Waals surface area (Å²) < 4.78 is 3.28. The minimum Gasteiger partial charge on any atom is -0.314 e. The summed E-state index contributed by atoms with van der Waals surface area (Å²) in [5.74, 6) is 0.782. The zero-order valence-corrected chi connectivity index (χ0v) is 13.7. The summed E-state index contributed by atoms with van der Waals surface area (Å²) in [5, 5.41) is 8.17. The standard InChI is InChI=1S/C17H21N5O/c1-13-4-6-14(7-5-13)8-9-20(2)12-15-18-19-16-17(23)21(3)10-11-22(15)16/h4-7,10-11H,8-9,12H2,1-3H3. The van der Waals surface area contributed by atoms with Crippen molar-refractivity contribution in [2.24, 2.45) is 7.05 Å². The van der Waals surface area contributed by atoms with Gasteiger partial charge in [0.1, 0.15) is 0 Å². The van der Waals surface area contributed by atoms with Crippen LogP contribution in [0, 0.1) is 6.92 Å². The van der Waals surface area contributed by atoms with Gasteiger partial charge in [0, 0.05) is 26.0 Å². The fourth-order valence-electron chi connectivity index (χ4n) is 2.52. The molecule has 0 radical (unpaired) electrons. The van der Waals surface area contributed by atoms with Gasteiger partial charge in [0.05, 0.1) is 6.54 Å². The van der Waals surface area contributed by atoms with Crippen molar-refractivity contribution in [2.45, 2.75) is 19.9 Å². The number of nitrogens with zero attached hydrogens (tertiary/aromatic N) is 5. The smallest absolute Gasteiger partial charge is 0.295 e. The highest BCUT2D eigenvalue weighted by Crippen LogP contribution is 2.06. The summed E-state index contributed by atoms with van der Waals surface area (Å²) in [7, 11) is 3.76. The van der Waals surface area contributed by atoms with Gasteiger partial charge in [0.25, 0.3) is 5.56 Å². The summed E-state index contributed by atoms with van der Waals surface area (Å²) in [6.45, 7) is 3.67. The summed E-state index contributed by atoms with van der Waals surface area (Å²) in [5.41, 5.74) is 2.84. The van der Waals surface area contributed by atoms with Gasteiger partial charge < -0.3 is 4.57 Å². The van der Waals surface area contributed by atoms with Gasteiger partial charge in [0.2, 0.25) is 5.65 Å². The van der Waals surface area contributed by atoms with Gasteiger partial charge in [-0.1, -0.05) is 29.8 Å². The first kappa shape index (κ1) is 15.4. The van der Waals surface area contributed by atoms with E-state index in [-0.39, 0.29) is 5.56 Å². The van der Waals surface area contributed by atoms with Crippen LogP contribution in [-0.2, 0) is 20.0 Å². The molecule has 3 rings (SSSR count). The average molecular weight is 311 g/mol. The molecule has 2 aromatic heterocycles. The summed E-state index contributed by atoms with van der Waals surface area (Å²) >= 11 is 0. The Labute approximate surface area is 135 Å². The van der Waals surface area contributed by atoms with Crippen LogP contribution < -0.4 is 5.56 Å². The van der Waals surface area contributed by atoms with Crippen LogP contribution in [-0.4, -0.2) is 37.7 Å². The molecule has 0 N–H and O–H groups in total. The van der Waals surface area contributed by atoms with Crippen LogP contribution in [0.3, 0.4) is 0 Å². The Morgan fingerprint density at radius 2 is 1.87 bits per heavy atom. The highest BCUT2D eigenvalue weighted by atomic mass is 16.1. The molecule has 0 aliphatic rings. The van der Waals surface area contributed by atoms with Crippen LogP contribution >= 0.6 is 0 Å². The van der Waals surface area contributed by atoms with Crippen molar-refractivity contribution in [3.8, 4) is 0 Å². The number of rotatable bonds is 5. The van der Waals surface area contributed by atoms with Crippen LogP contribution in [0.15, 0.2) is 41.5 Å². The average Bonchev–Trinajstić information content (AvgIpc) is 2.94. The van der Waals surface area contributed by atoms with Gasteiger partial charge in [-0.3, -0.25) is 14.1 Å². The Balaban J connectivity index is 1.68. The quantitative estimate of drug-likeness (QED) is 0.715. The van der Waals surface area contributed by atoms with E-state index in [1.165, 1.54) is 15.7 Å². The molecular weight excluding hydrogens is 290 g/mol. The number of aromatic nitrogens is 4. The fourth-order valence-corrected chi connectivity index (χ4v) is 2.52. The number of hydrogen-bond acceptors (Lipinski definition) is 4. The Kier molecular flexibility index (Phi) is 4.25. The molecule has 0 saturated heterocycles. The molecule has 0 bridgehead atoms. The third kappa shape index (κ3) is 3.32. The maximum atomic E-state index is 12.0. The van der Waals surface area contributed by atoms with Crippen molar-refractivity contribution >= 4 is 5.65 Å². The molecule has 120 valence electrons. The van der Waals surface area contributed by atoms with Crippen molar-refractivity contribution in [1.82, 2.24) is 24.1 Å². The van der Waals surface area contributed by atoms with Gasteiger partial charge in [0.15, 0.2) is 5.82 Å². The first-order valence-electron chi connectivity index (χ1n) is 7.68. The normalized spacial score (nSPS) is 11.5. The molecule has 2 heterocycles. The topological polar surface area (TPSA) is 55.4 Å². The van der Waals surface area contributed by atoms with E-state index in [0.717, 1.165) is 18.8 Å². The molecule has 1 aromatic carbocycles. The molecule has 0 saturated carbocycles. The predicted octanol–water partition coefficient (Wildman–Crippen LogP) is 1.41.